The smallest absolute Gasteiger partial charge is 0.326 e. The number of hydrogen-bond acceptors (Lipinski definition) is 5. The Morgan fingerprint density at radius 2 is 2.10 bits per heavy atom. The van der Waals surface area contributed by atoms with Crippen molar-refractivity contribution < 1.29 is 24.6 Å². The molecule has 1 saturated heterocycles. The number of nitrogens with zero attached hydrogens (tertiary/aromatic N) is 2. The number of carboxylic acid groups (broad SMARTS) is 1. The highest BCUT2D eigenvalue weighted by Crippen LogP contribution is 2.18. The molecule has 1 rings (SSSR count). The second-order valence-corrected chi connectivity index (χ2v) is 5.24. The zero-order valence-electron chi connectivity index (χ0n) is 11.9. The van der Waals surface area contributed by atoms with Crippen molar-refractivity contribution in [3.63, 3.8) is 0 Å². The minimum Gasteiger partial charge on any atom is -0.480 e. The van der Waals surface area contributed by atoms with Crippen LogP contribution in [0.3, 0.4) is 0 Å². The SMILES string of the molecule is CC(=O)N1C[C@H](O)C[C@H]1C(=O)N[C@H](C[C@@H](C)C#N)C(=O)O. The number of aliphatic hydroxyl groups is 1. The summed E-state index contributed by atoms with van der Waals surface area (Å²) >= 11 is 0. The van der Waals surface area contributed by atoms with Gasteiger partial charge < -0.3 is 20.4 Å². The molecule has 8 nitrogen and oxygen atoms in total. The number of carbonyl (C=O) groups excluding carboxylic acids is 2. The lowest BCUT2D eigenvalue weighted by molar-refractivity contribution is -0.143. The molecule has 0 radical (unpaired) electrons. The summed E-state index contributed by atoms with van der Waals surface area (Å²) in [5, 5.41) is 29.7. The van der Waals surface area contributed by atoms with Gasteiger partial charge in [-0.25, -0.2) is 4.79 Å². The van der Waals surface area contributed by atoms with Crippen molar-refractivity contribution in [3.8, 4) is 6.07 Å². The van der Waals surface area contributed by atoms with E-state index in [0.717, 1.165) is 0 Å². The number of aliphatic hydroxyl groups excluding tert-OH is 1. The fraction of sp³-hybridized carbons (Fsp3) is 0.692. The van der Waals surface area contributed by atoms with Crippen LogP contribution in [0.1, 0.15) is 26.7 Å². The fourth-order valence-corrected chi connectivity index (χ4v) is 2.31. The van der Waals surface area contributed by atoms with E-state index in [2.05, 4.69) is 5.32 Å². The Hall–Kier alpha value is -2.14. The van der Waals surface area contributed by atoms with Crippen molar-refractivity contribution in [3.05, 3.63) is 0 Å². The molecule has 1 heterocycles. The van der Waals surface area contributed by atoms with E-state index < -0.39 is 36.0 Å². The van der Waals surface area contributed by atoms with Crippen LogP contribution in [-0.4, -0.2) is 57.6 Å². The predicted molar refractivity (Wildman–Crippen MR) is 70.8 cm³/mol. The highest BCUT2D eigenvalue weighted by molar-refractivity contribution is 5.90. The Kier molecular flexibility index (Phi) is 5.67. The molecule has 4 atom stereocenters. The normalized spacial score (nSPS) is 24.0. The lowest BCUT2D eigenvalue weighted by Crippen LogP contribution is -2.50. The van der Waals surface area contributed by atoms with Gasteiger partial charge in [0.25, 0.3) is 0 Å². The number of carboxylic acids is 1. The second-order valence-electron chi connectivity index (χ2n) is 5.24. The molecule has 0 aliphatic carbocycles. The van der Waals surface area contributed by atoms with Crippen LogP contribution in [0, 0.1) is 17.2 Å². The number of nitriles is 1. The zero-order valence-corrected chi connectivity index (χ0v) is 11.9. The highest BCUT2D eigenvalue weighted by Gasteiger charge is 2.38. The molecule has 116 valence electrons. The van der Waals surface area contributed by atoms with Crippen LogP contribution in [0.4, 0.5) is 0 Å². The Morgan fingerprint density at radius 3 is 2.57 bits per heavy atom. The van der Waals surface area contributed by atoms with E-state index >= 15 is 0 Å². The topological polar surface area (TPSA) is 131 Å². The predicted octanol–water partition coefficient (Wildman–Crippen LogP) is -0.913. The summed E-state index contributed by atoms with van der Waals surface area (Å²) in [5.41, 5.74) is 0. The molecule has 0 saturated carbocycles. The van der Waals surface area contributed by atoms with Gasteiger partial charge >= 0.3 is 5.97 Å². The molecule has 0 unspecified atom stereocenters. The number of nitrogens with one attached hydrogen (secondary N) is 1. The average molecular weight is 297 g/mol. The fourth-order valence-electron chi connectivity index (χ4n) is 2.31. The average Bonchev–Trinajstić information content (AvgIpc) is 2.79. The number of likely N-dealkylation sites (tertiary alicyclic amines) is 1. The second kappa shape index (κ2) is 7.04. The van der Waals surface area contributed by atoms with Gasteiger partial charge in [0.05, 0.1) is 12.2 Å². The third-order valence-corrected chi connectivity index (χ3v) is 3.41. The minimum absolute atomic E-state index is 0.0209. The number of β-amino-alcohol motifs (C(OH)–C–C–N with tert-alkyl or cyclic N) is 1. The van der Waals surface area contributed by atoms with Crippen LogP contribution in [0.15, 0.2) is 0 Å². The van der Waals surface area contributed by atoms with Gasteiger partial charge in [-0.3, -0.25) is 9.59 Å². The summed E-state index contributed by atoms with van der Waals surface area (Å²) in [6.07, 6.45) is -0.746. The van der Waals surface area contributed by atoms with E-state index in [4.69, 9.17) is 10.4 Å². The summed E-state index contributed by atoms with van der Waals surface area (Å²) in [6, 6.07) is -0.166. The molecule has 3 N–H and O–H groups in total. The molecular formula is C13H19N3O5. The number of rotatable bonds is 5. The van der Waals surface area contributed by atoms with Gasteiger partial charge in [-0.05, 0) is 13.3 Å². The molecular weight excluding hydrogens is 278 g/mol. The van der Waals surface area contributed by atoms with E-state index in [1.165, 1.54) is 11.8 Å². The number of carbonyl (C=O) groups is 3. The van der Waals surface area contributed by atoms with E-state index in [9.17, 15) is 19.5 Å². The Labute approximate surface area is 122 Å². The molecule has 1 fully saturated rings. The van der Waals surface area contributed by atoms with Gasteiger partial charge in [0.2, 0.25) is 11.8 Å². The molecule has 0 spiro atoms. The van der Waals surface area contributed by atoms with E-state index in [1.807, 2.05) is 6.07 Å². The summed E-state index contributed by atoms with van der Waals surface area (Å²) in [6.45, 7) is 2.90. The first-order valence-corrected chi connectivity index (χ1v) is 6.64. The van der Waals surface area contributed by atoms with Crippen molar-refractivity contribution in [1.29, 1.82) is 5.26 Å². The number of hydrogen-bond donors (Lipinski definition) is 3. The highest BCUT2D eigenvalue weighted by atomic mass is 16.4. The third-order valence-electron chi connectivity index (χ3n) is 3.41. The van der Waals surface area contributed by atoms with E-state index in [-0.39, 0.29) is 25.3 Å². The number of amides is 2. The largest absolute Gasteiger partial charge is 0.480 e. The van der Waals surface area contributed by atoms with Gasteiger partial charge in [0.15, 0.2) is 0 Å². The summed E-state index contributed by atoms with van der Waals surface area (Å²) in [5.74, 6) is -2.74. The van der Waals surface area contributed by atoms with Crippen molar-refractivity contribution in [2.24, 2.45) is 5.92 Å². The molecule has 1 aliphatic heterocycles. The third kappa shape index (κ3) is 4.43. The van der Waals surface area contributed by atoms with Crippen LogP contribution in [-0.2, 0) is 14.4 Å². The lowest BCUT2D eigenvalue weighted by Gasteiger charge is -2.24. The molecule has 0 aromatic carbocycles. The van der Waals surface area contributed by atoms with Gasteiger partial charge in [-0.2, -0.15) is 5.26 Å². The van der Waals surface area contributed by atoms with Crippen molar-refractivity contribution in [2.75, 3.05) is 6.54 Å². The first kappa shape index (κ1) is 16.9. The van der Waals surface area contributed by atoms with Crippen molar-refractivity contribution in [1.82, 2.24) is 10.2 Å². The first-order chi connectivity index (χ1) is 9.76. The molecule has 21 heavy (non-hydrogen) atoms. The summed E-state index contributed by atoms with van der Waals surface area (Å²) in [4.78, 5) is 35.9. The van der Waals surface area contributed by atoms with Crippen LogP contribution >= 0.6 is 0 Å². The van der Waals surface area contributed by atoms with Gasteiger partial charge in [-0.15, -0.1) is 0 Å². The Balaban J connectivity index is 2.75. The van der Waals surface area contributed by atoms with Gasteiger partial charge in [-0.1, -0.05) is 0 Å². The molecule has 0 aromatic heterocycles. The Morgan fingerprint density at radius 1 is 1.48 bits per heavy atom. The van der Waals surface area contributed by atoms with Crippen LogP contribution < -0.4 is 5.32 Å². The molecule has 0 aromatic rings. The summed E-state index contributed by atoms with van der Waals surface area (Å²) < 4.78 is 0. The molecule has 0 bridgehead atoms. The van der Waals surface area contributed by atoms with Crippen LogP contribution in [0.2, 0.25) is 0 Å². The van der Waals surface area contributed by atoms with E-state index in [0.29, 0.717) is 0 Å². The quantitative estimate of drug-likeness (QED) is 0.602. The summed E-state index contributed by atoms with van der Waals surface area (Å²) in [7, 11) is 0. The Bertz CT molecular complexity index is 473. The monoisotopic (exact) mass is 297 g/mol. The van der Waals surface area contributed by atoms with Crippen LogP contribution in [0.5, 0.6) is 0 Å². The zero-order chi connectivity index (χ0) is 16.2. The maximum Gasteiger partial charge on any atom is 0.326 e. The molecule has 1 aliphatic rings. The maximum absolute atomic E-state index is 12.1. The lowest BCUT2D eigenvalue weighted by atomic mass is 10.0. The van der Waals surface area contributed by atoms with Crippen molar-refractivity contribution in [2.45, 2.75) is 44.9 Å². The number of aliphatic carboxylic acids is 1. The van der Waals surface area contributed by atoms with Gasteiger partial charge in [0, 0.05) is 25.8 Å². The first-order valence-electron chi connectivity index (χ1n) is 6.64. The van der Waals surface area contributed by atoms with Gasteiger partial charge in [0.1, 0.15) is 12.1 Å². The van der Waals surface area contributed by atoms with Crippen LogP contribution in [0.25, 0.3) is 0 Å². The molecule has 8 heteroatoms. The molecule has 2 amide bonds. The minimum atomic E-state index is -1.24. The van der Waals surface area contributed by atoms with E-state index in [1.54, 1.807) is 6.92 Å². The maximum atomic E-state index is 12.1. The standard InChI is InChI=1S/C13H19N3O5/c1-7(5-14)3-10(13(20)21)15-12(19)11-4-9(18)6-16(11)8(2)17/h7,9-11,18H,3-4,6H2,1-2H3,(H,15,19)(H,20,21)/t7-,9-,10-,11+/m1/s1. The van der Waals surface area contributed by atoms with Crippen molar-refractivity contribution >= 4 is 17.8 Å².